The molecule has 2 atom stereocenters. The van der Waals surface area contributed by atoms with Crippen molar-refractivity contribution in [1.29, 1.82) is 0 Å². The van der Waals surface area contributed by atoms with Gasteiger partial charge in [0, 0.05) is 12.6 Å². The minimum Gasteiger partial charge on any atom is -0.480 e. The summed E-state index contributed by atoms with van der Waals surface area (Å²) in [4.78, 5) is 25.1. The van der Waals surface area contributed by atoms with Gasteiger partial charge in [0.15, 0.2) is 0 Å². The molecule has 0 radical (unpaired) electrons. The molecule has 1 unspecified atom stereocenters. The van der Waals surface area contributed by atoms with Crippen molar-refractivity contribution in [3.63, 3.8) is 0 Å². The molecule has 0 spiro atoms. The molecule has 6 nitrogen and oxygen atoms in total. The highest BCUT2D eigenvalue weighted by atomic mass is 16.4. The summed E-state index contributed by atoms with van der Waals surface area (Å²) >= 11 is 0. The van der Waals surface area contributed by atoms with Gasteiger partial charge in [-0.3, -0.25) is 4.90 Å². The van der Waals surface area contributed by atoms with Crippen LogP contribution in [0.4, 0.5) is 4.79 Å². The summed E-state index contributed by atoms with van der Waals surface area (Å²) in [6.45, 7) is 8.33. The van der Waals surface area contributed by atoms with E-state index in [9.17, 15) is 9.59 Å². The Hall–Kier alpha value is -1.30. The number of hydrogen-bond acceptors (Lipinski definition) is 3. The van der Waals surface area contributed by atoms with Crippen LogP contribution in [0.15, 0.2) is 0 Å². The second kappa shape index (κ2) is 8.09. The van der Waals surface area contributed by atoms with Crippen molar-refractivity contribution in [2.24, 2.45) is 5.92 Å². The second-order valence-corrected chi connectivity index (χ2v) is 5.86. The summed E-state index contributed by atoms with van der Waals surface area (Å²) in [5.41, 5.74) is 0. The zero-order valence-electron chi connectivity index (χ0n) is 12.7. The number of amides is 2. The molecule has 1 aliphatic heterocycles. The van der Waals surface area contributed by atoms with E-state index in [0.29, 0.717) is 6.54 Å². The Bertz CT molecular complexity index is 328. The topological polar surface area (TPSA) is 81.7 Å². The van der Waals surface area contributed by atoms with Crippen LogP contribution in [0.1, 0.15) is 40.0 Å². The molecular formula is C14H27N3O3. The number of urea groups is 1. The Morgan fingerprint density at radius 3 is 2.25 bits per heavy atom. The van der Waals surface area contributed by atoms with Crippen LogP contribution < -0.4 is 10.6 Å². The van der Waals surface area contributed by atoms with Crippen LogP contribution in [0.5, 0.6) is 0 Å². The van der Waals surface area contributed by atoms with E-state index in [-0.39, 0.29) is 12.0 Å². The number of nitrogens with zero attached hydrogens (tertiary/aromatic N) is 1. The number of rotatable bonds is 6. The molecule has 116 valence electrons. The van der Waals surface area contributed by atoms with Crippen molar-refractivity contribution < 1.29 is 14.7 Å². The second-order valence-electron chi connectivity index (χ2n) is 5.86. The molecule has 0 bridgehead atoms. The van der Waals surface area contributed by atoms with E-state index >= 15 is 0 Å². The normalized spacial score (nSPS) is 19.4. The number of carboxylic acids is 1. The number of carbonyl (C=O) groups is 2. The first kappa shape index (κ1) is 16.8. The summed E-state index contributed by atoms with van der Waals surface area (Å²) < 4.78 is 0. The van der Waals surface area contributed by atoms with Gasteiger partial charge in [-0.1, -0.05) is 20.3 Å². The first-order chi connectivity index (χ1) is 9.41. The first-order valence-corrected chi connectivity index (χ1v) is 7.43. The zero-order chi connectivity index (χ0) is 15.1. The fourth-order valence-electron chi connectivity index (χ4n) is 2.43. The molecule has 1 aliphatic rings. The van der Waals surface area contributed by atoms with Crippen LogP contribution in [0.3, 0.4) is 0 Å². The fraction of sp³-hybridized carbons (Fsp3) is 0.857. The van der Waals surface area contributed by atoms with Gasteiger partial charge in [-0.05, 0) is 38.8 Å². The number of carboxylic acid groups (broad SMARTS) is 1. The molecule has 6 heteroatoms. The molecule has 0 aliphatic carbocycles. The third-order valence-corrected chi connectivity index (χ3v) is 3.79. The number of hydrogen-bond donors (Lipinski definition) is 3. The Kier molecular flexibility index (Phi) is 6.78. The van der Waals surface area contributed by atoms with Gasteiger partial charge < -0.3 is 15.7 Å². The minimum atomic E-state index is -1.00. The highest BCUT2D eigenvalue weighted by Crippen LogP contribution is 2.11. The first-order valence-electron chi connectivity index (χ1n) is 7.43. The maximum absolute atomic E-state index is 11.7. The molecular weight excluding hydrogens is 258 g/mol. The largest absolute Gasteiger partial charge is 0.480 e. The average Bonchev–Trinajstić information content (AvgIpc) is 2.42. The standard InChI is InChI=1S/C14H27N3O3/c1-10(2)12(13(18)19)16-14(20)15-9-11(3)17-7-5-4-6-8-17/h10-12H,4-9H2,1-3H3,(H,18,19)(H2,15,16,20)/t11?,12-/m0/s1. The molecule has 1 saturated heterocycles. The number of nitrogens with one attached hydrogen (secondary N) is 2. The Morgan fingerprint density at radius 1 is 1.15 bits per heavy atom. The molecule has 2 amide bonds. The maximum Gasteiger partial charge on any atom is 0.326 e. The van der Waals surface area contributed by atoms with Crippen LogP contribution in [-0.4, -0.2) is 53.7 Å². The van der Waals surface area contributed by atoms with Crippen molar-refractivity contribution in [2.45, 2.75) is 52.1 Å². The lowest BCUT2D eigenvalue weighted by Crippen LogP contribution is -2.51. The van der Waals surface area contributed by atoms with Gasteiger partial charge in [0.2, 0.25) is 0 Å². The highest BCUT2D eigenvalue weighted by molar-refractivity contribution is 5.82. The fourth-order valence-corrected chi connectivity index (χ4v) is 2.43. The predicted octanol–water partition coefficient (Wildman–Crippen LogP) is 1.27. The van der Waals surface area contributed by atoms with E-state index in [1.165, 1.54) is 19.3 Å². The van der Waals surface area contributed by atoms with Crippen molar-refractivity contribution in [3.8, 4) is 0 Å². The van der Waals surface area contributed by atoms with E-state index in [1.54, 1.807) is 13.8 Å². The lowest BCUT2D eigenvalue weighted by atomic mass is 10.1. The van der Waals surface area contributed by atoms with Gasteiger partial charge in [0.1, 0.15) is 6.04 Å². The van der Waals surface area contributed by atoms with E-state index in [1.807, 2.05) is 0 Å². The average molecular weight is 285 g/mol. The molecule has 1 rings (SSSR count). The van der Waals surface area contributed by atoms with Crippen molar-refractivity contribution in [1.82, 2.24) is 15.5 Å². The van der Waals surface area contributed by atoms with Crippen LogP contribution in [0.25, 0.3) is 0 Å². The molecule has 0 aromatic rings. The maximum atomic E-state index is 11.7. The number of piperidine rings is 1. The lowest BCUT2D eigenvalue weighted by molar-refractivity contribution is -0.140. The van der Waals surface area contributed by atoms with Crippen LogP contribution in [-0.2, 0) is 4.79 Å². The van der Waals surface area contributed by atoms with E-state index in [2.05, 4.69) is 22.5 Å². The van der Waals surface area contributed by atoms with Gasteiger partial charge >= 0.3 is 12.0 Å². The number of likely N-dealkylation sites (tertiary alicyclic amines) is 1. The Morgan fingerprint density at radius 2 is 1.75 bits per heavy atom. The molecule has 3 N–H and O–H groups in total. The molecule has 0 saturated carbocycles. The molecule has 0 aromatic carbocycles. The highest BCUT2D eigenvalue weighted by Gasteiger charge is 2.24. The summed E-state index contributed by atoms with van der Waals surface area (Å²) in [6, 6.07) is -0.973. The molecule has 1 heterocycles. The lowest BCUT2D eigenvalue weighted by Gasteiger charge is -2.32. The number of aliphatic carboxylic acids is 1. The van der Waals surface area contributed by atoms with Crippen LogP contribution in [0.2, 0.25) is 0 Å². The van der Waals surface area contributed by atoms with Crippen molar-refractivity contribution in [3.05, 3.63) is 0 Å². The monoisotopic (exact) mass is 285 g/mol. The van der Waals surface area contributed by atoms with E-state index < -0.39 is 18.0 Å². The summed E-state index contributed by atoms with van der Waals surface area (Å²) in [5.74, 6) is -1.14. The van der Waals surface area contributed by atoms with Crippen LogP contribution >= 0.6 is 0 Å². The van der Waals surface area contributed by atoms with Gasteiger partial charge in [0.25, 0.3) is 0 Å². The molecule has 1 fully saturated rings. The van der Waals surface area contributed by atoms with E-state index in [0.717, 1.165) is 13.1 Å². The Labute approximate surface area is 120 Å². The van der Waals surface area contributed by atoms with Crippen LogP contribution in [0, 0.1) is 5.92 Å². The number of carbonyl (C=O) groups excluding carboxylic acids is 1. The third kappa shape index (κ3) is 5.36. The van der Waals surface area contributed by atoms with Gasteiger partial charge in [-0.2, -0.15) is 0 Å². The van der Waals surface area contributed by atoms with E-state index in [4.69, 9.17) is 5.11 Å². The van der Waals surface area contributed by atoms with Crippen molar-refractivity contribution in [2.75, 3.05) is 19.6 Å². The van der Waals surface area contributed by atoms with Crippen molar-refractivity contribution >= 4 is 12.0 Å². The zero-order valence-corrected chi connectivity index (χ0v) is 12.7. The summed E-state index contributed by atoms with van der Waals surface area (Å²) in [6.07, 6.45) is 3.71. The smallest absolute Gasteiger partial charge is 0.326 e. The van der Waals surface area contributed by atoms with Gasteiger partial charge in [0.05, 0.1) is 0 Å². The minimum absolute atomic E-state index is 0.141. The molecule has 0 aromatic heterocycles. The quantitative estimate of drug-likeness (QED) is 0.686. The predicted molar refractivity (Wildman–Crippen MR) is 77.7 cm³/mol. The van der Waals surface area contributed by atoms with Gasteiger partial charge in [-0.15, -0.1) is 0 Å². The Balaban J connectivity index is 2.32. The SMILES string of the molecule is CC(C)[C@H](NC(=O)NCC(C)N1CCCCC1)C(=O)O. The summed E-state index contributed by atoms with van der Waals surface area (Å²) in [5, 5.41) is 14.3. The van der Waals surface area contributed by atoms with Gasteiger partial charge in [-0.25, -0.2) is 9.59 Å². The third-order valence-electron chi connectivity index (χ3n) is 3.79. The molecule has 20 heavy (non-hydrogen) atoms. The summed E-state index contributed by atoms with van der Waals surface area (Å²) in [7, 11) is 0.